The van der Waals surface area contributed by atoms with E-state index in [1.807, 2.05) is 22.9 Å². The summed E-state index contributed by atoms with van der Waals surface area (Å²) in [6, 6.07) is 7.32. The topological polar surface area (TPSA) is 46.6 Å². The van der Waals surface area contributed by atoms with Gasteiger partial charge in [-0.05, 0) is 40.6 Å². The molecule has 1 amide bonds. The molecule has 0 bridgehead atoms. The summed E-state index contributed by atoms with van der Waals surface area (Å²) in [4.78, 5) is 26.5. The van der Waals surface area contributed by atoms with E-state index in [1.54, 1.807) is 28.4 Å². The van der Waals surface area contributed by atoms with Gasteiger partial charge in [-0.3, -0.25) is 4.79 Å². The molecule has 1 aliphatic heterocycles. The highest BCUT2D eigenvalue weighted by Crippen LogP contribution is 2.37. The lowest BCUT2D eigenvalue weighted by molar-refractivity contribution is -0.116. The molecule has 0 unspecified atom stereocenters. The van der Waals surface area contributed by atoms with Crippen molar-refractivity contribution < 1.29 is 14.3 Å². The zero-order valence-electron chi connectivity index (χ0n) is 11.4. The minimum absolute atomic E-state index is 0.0875. The van der Waals surface area contributed by atoms with Gasteiger partial charge in [-0.2, -0.15) is 11.3 Å². The van der Waals surface area contributed by atoms with E-state index in [0.29, 0.717) is 17.9 Å². The summed E-state index contributed by atoms with van der Waals surface area (Å²) in [5.74, 6) is 0.117. The number of fused-ring (bicyclic) bond motifs is 1. The number of rotatable bonds is 3. The fraction of sp³-hybridized carbons (Fsp3) is 0.200. The molecule has 0 N–H and O–H groups in total. The van der Waals surface area contributed by atoms with Gasteiger partial charge in [0.2, 0.25) is 5.91 Å². The number of thiophene rings is 1. The Hall–Kier alpha value is -1.79. The third-order valence-electron chi connectivity index (χ3n) is 3.24. The lowest BCUT2D eigenvalue weighted by Gasteiger charge is -2.29. The van der Waals surface area contributed by atoms with Gasteiger partial charge in [-0.25, -0.2) is 4.79 Å². The largest absolute Gasteiger partial charge is 0.465 e. The average molecular weight is 319 g/mol. The first-order valence-electron chi connectivity index (χ1n) is 6.35. The molecule has 21 heavy (non-hydrogen) atoms. The Morgan fingerprint density at radius 2 is 2.24 bits per heavy atom. The zero-order valence-corrected chi connectivity index (χ0v) is 13.0. The summed E-state index contributed by atoms with van der Waals surface area (Å²) in [5.41, 5.74) is 2.48. The fourth-order valence-corrected chi connectivity index (χ4v) is 3.82. The first-order chi connectivity index (χ1) is 10.2. The van der Waals surface area contributed by atoms with Crippen LogP contribution in [-0.2, 0) is 16.1 Å². The minimum Gasteiger partial charge on any atom is -0.465 e. The van der Waals surface area contributed by atoms with Crippen LogP contribution < -0.4 is 4.90 Å². The normalized spacial score (nSPS) is 14.0. The summed E-state index contributed by atoms with van der Waals surface area (Å²) >= 11 is 3.07. The first kappa shape index (κ1) is 14.2. The maximum absolute atomic E-state index is 12.2. The number of anilines is 1. The van der Waals surface area contributed by atoms with Gasteiger partial charge in [-0.1, -0.05) is 0 Å². The number of methoxy groups -OCH3 is 1. The van der Waals surface area contributed by atoms with Gasteiger partial charge in [-0.15, -0.1) is 11.8 Å². The minimum atomic E-state index is -0.361. The van der Waals surface area contributed by atoms with Crippen molar-refractivity contribution >= 4 is 40.7 Å². The number of carbonyl (C=O) groups is 2. The molecular weight excluding hydrogens is 306 g/mol. The van der Waals surface area contributed by atoms with E-state index < -0.39 is 0 Å². The van der Waals surface area contributed by atoms with Crippen molar-refractivity contribution in [1.82, 2.24) is 0 Å². The quantitative estimate of drug-likeness (QED) is 0.815. The van der Waals surface area contributed by atoms with E-state index >= 15 is 0 Å². The van der Waals surface area contributed by atoms with Crippen LogP contribution in [0.15, 0.2) is 39.9 Å². The molecular formula is C15H13NO3S2. The number of ether oxygens (including phenoxy) is 1. The Labute approximate surface area is 130 Å². The second-order valence-electron chi connectivity index (χ2n) is 4.57. The molecule has 0 spiro atoms. The molecule has 108 valence electrons. The van der Waals surface area contributed by atoms with Gasteiger partial charge in [0.15, 0.2) is 0 Å². The molecule has 6 heteroatoms. The van der Waals surface area contributed by atoms with Crippen molar-refractivity contribution in [2.45, 2.75) is 11.4 Å². The van der Waals surface area contributed by atoms with Crippen LogP contribution in [0.5, 0.6) is 0 Å². The SMILES string of the molecule is COC(=O)c1ccc2c(c1)SCC(=O)N2Cc1ccsc1. The van der Waals surface area contributed by atoms with Crippen LogP contribution in [0.25, 0.3) is 0 Å². The van der Waals surface area contributed by atoms with E-state index in [1.165, 1.54) is 18.9 Å². The maximum atomic E-state index is 12.2. The van der Waals surface area contributed by atoms with E-state index in [4.69, 9.17) is 4.74 Å². The monoisotopic (exact) mass is 319 g/mol. The zero-order chi connectivity index (χ0) is 14.8. The van der Waals surface area contributed by atoms with Gasteiger partial charge in [0, 0.05) is 4.90 Å². The van der Waals surface area contributed by atoms with Crippen LogP contribution in [0.1, 0.15) is 15.9 Å². The first-order valence-corrected chi connectivity index (χ1v) is 8.28. The van der Waals surface area contributed by atoms with Gasteiger partial charge in [0.25, 0.3) is 0 Å². The Morgan fingerprint density at radius 3 is 2.95 bits per heavy atom. The summed E-state index contributed by atoms with van der Waals surface area (Å²) in [5, 5.41) is 4.04. The molecule has 0 saturated carbocycles. The number of nitrogens with zero attached hydrogens (tertiary/aromatic N) is 1. The molecule has 3 rings (SSSR count). The maximum Gasteiger partial charge on any atom is 0.337 e. The number of thioether (sulfide) groups is 1. The van der Waals surface area contributed by atoms with Crippen LogP contribution >= 0.6 is 23.1 Å². The number of benzene rings is 1. The predicted molar refractivity (Wildman–Crippen MR) is 84.0 cm³/mol. The van der Waals surface area contributed by atoms with Crippen LogP contribution in [0.3, 0.4) is 0 Å². The summed E-state index contributed by atoms with van der Waals surface area (Å²) in [6.07, 6.45) is 0. The molecule has 0 radical (unpaired) electrons. The van der Waals surface area contributed by atoms with Gasteiger partial charge >= 0.3 is 5.97 Å². The standard InChI is InChI=1S/C15H13NO3S2/c1-19-15(18)11-2-3-12-13(6-11)21-9-14(17)16(12)7-10-4-5-20-8-10/h2-6,8H,7,9H2,1H3. The molecule has 0 atom stereocenters. The Bertz CT molecular complexity index is 682. The van der Waals surface area contributed by atoms with E-state index in [9.17, 15) is 9.59 Å². The van der Waals surface area contributed by atoms with Crippen molar-refractivity contribution in [2.75, 3.05) is 17.8 Å². The van der Waals surface area contributed by atoms with E-state index in [0.717, 1.165) is 16.1 Å². The van der Waals surface area contributed by atoms with Crippen molar-refractivity contribution in [1.29, 1.82) is 0 Å². The smallest absolute Gasteiger partial charge is 0.337 e. The number of carbonyl (C=O) groups excluding carboxylic acids is 2. The molecule has 2 heterocycles. The van der Waals surface area contributed by atoms with Crippen molar-refractivity contribution in [2.24, 2.45) is 0 Å². The third-order valence-corrected chi connectivity index (χ3v) is 5.01. The number of hydrogen-bond donors (Lipinski definition) is 0. The lowest BCUT2D eigenvalue weighted by atomic mass is 10.1. The molecule has 1 aliphatic rings. The average Bonchev–Trinajstić information content (AvgIpc) is 3.02. The van der Waals surface area contributed by atoms with Crippen LogP contribution in [0, 0.1) is 0 Å². The highest BCUT2D eigenvalue weighted by Gasteiger charge is 2.25. The van der Waals surface area contributed by atoms with E-state index in [-0.39, 0.29) is 11.9 Å². The molecule has 4 nitrogen and oxygen atoms in total. The molecule has 1 aromatic carbocycles. The second kappa shape index (κ2) is 5.91. The van der Waals surface area contributed by atoms with Gasteiger partial charge in [0.1, 0.15) is 0 Å². The Kier molecular flexibility index (Phi) is 3.98. The number of esters is 1. The van der Waals surface area contributed by atoms with Gasteiger partial charge < -0.3 is 9.64 Å². The van der Waals surface area contributed by atoms with Gasteiger partial charge in [0.05, 0.1) is 30.7 Å². The third kappa shape index (κ3) is 2.82. The summed E-state index contributed by atoms with van der Waals surface area (Å²) in [7, 11) is 1.36. The Morgan fingerprint density at radius 1 is 1.38 bits per heavy atom. The van der Waals surface area contributed by atoms with Crippen molar-refractivity contribution in [3.05, 3.63) is 46.2 Å². The van der Waals surface area contributed by atoms with Crippen molar-refractivity contribution in [3.8, 4) is 0 Å². The van der Waals surface area contributed by atoms with Crippen LogP contribution in [0.4, 0.5) is 5.69 Å². The summed E-state index contributed by atoms with van der Waals surface area (Å²) in [6.45, 7) is 0.563. The molecule has 0 fully saturated rings. The molecule has 1 aromatic heterocycles. The summed E-state index contributed by atoms with van der Waals surface area (Å²) < 4.78 is 4.73. The molecule has 0 saturated heterocycles. The van der Waals surface area contributed by atoms with Crippen LogP contribution in [0.2, 0.25) is 0 Å². The van der Waals surface area contributed by atoms with Crippen LogP contribution in [-0.4, -0.2) is 24.7 Å². The number of hydrogen-bond acceptors (Lipinski definition) is 5. The highest BCUT2D eigenvalue weighted by molar-refractivity contribution is 8.00. The predicted octanol–water partition coefficient (Wildman–Crippen LogP) is 3.17. The molecule has 0 aliphatic carbocycles. The number of amides is 1. The fourth-order valence-electron chi connectivity index (χ4n) is 2.19. The lowest BCUT2D eigenvalue weighted by Crippen LogP contribution is -2.34. The second-order valence-corrected chi connectivity index (χ2v) is 6.37. The molecule has 2 aromatic rings. The van der Waals surface area contributed by atoms with E-state index in [2.05, 4.69) is 0 Å². The van der Waals surface area contributed by atoms with Crippen molar-refractivity contribution in [3.63, 3.8) is 0 Å². The Balaban J connectivity index is 1.94. The highest BCUT2D eigenvalue weighted by atomic mass is 32.2.